The number of para-hydroxylation sites is 1. The average molecular weight is 334 g/mol. The second kappa shape index (κ2) is 5.98. The SMILES string of the molecule is CCC1CN(C)c2ccccc2CN1S(=O)(=O)c1cnn(C)c1. The minimum atomic E-state index is -3.57. The molecule has 2 heterocycles. The van der Waals surface area contributed by atoms with Crippen molar-refractivity contribution in [2.75, 3.05) is 18.5 Å². The van der Waals surface area contributed by atoms with Gasteiger partial charge in [0.1, 0.15) is 4.90 Å². The van der Waals surface area contributed by atoms with Gasteiger partial charge in [-0.2, -0.15) is 9.40 Å². The Balaban J connectivity index is 2.06. The molecule has 1 aromatic heterocycles. The van der Waals surface area contributed by atoms with E-state index in [0.29, 0.717) is 13.1 Å². The molecule has 0 aliphatic carbocycles. The van der Waals surface area contributed by atoms with Crippen molar-refractivity contribution < 1.29 is 8.42 Å². The maximum Gasteiger partial charge on any atom is 0.246 e. The summed E-state index contributed by atoms with van der Waals surface area (Å²) in [6, 6.07) is 7.91. The standard InChI is InChI=1S/C16H22N4O2S/c1-4-14-11-18(2)16-8-6-5-7-13(16)10-20(14)23(21,22)15-9-17-19(3)12-15/h5-9,12,14H,4,10-11H2,1-3H3. The van der Waals surface area contributed by atoms with Crippen molar-refractivity contribution in [3.63, 3.8) is 0 Å². The van der Waals surface area contributed by atoms with E-state index < -0.39 is 10.0 Å². The highest BCUT2D eigenvalue weighted by Gasteiger charge is 2.35. The van der Waals surface area contributed by atoms with Crippen molar-refractivity contribution in [1.29, 1.82) is 0 Å². The van der Waals surface area contributed by atoms with Crippen molar-refractivity contribution in [1.82, 2.24) is 14.1 Å². The fraction of sp³-hybridized carbons (Fsp3) is 0.438. The van der Waals surface area contributed by atoms with Crippen molar-refractivity contribution in [3.8, 4) is 0 Å². The lowest BCUT2D eigenvalue weighted by atomic mass is 10.1. The fourth-order valence-corrected chi connectivity index (χ4v) is 4.75. The first-order chi connectivity index (χ1) is 10.9. The largest absolute Gasteiger partial charge is 0.373 e. The van der Waals surface area contributed by atoms with Crippen LogP contribution in [-0.4, -0.2) is 42.1 Å². The molecule has 1 atom stereocenters. The number of likely N-dealkylation sites (N-methyl/N-ethyl adjacent to an activating group) is 1. The molecule has 0 saturated heterocycles. The third kappa shape index (κ3) is 2.86. The first-order valence-corrected chi connectivity index (χ1v) is 9.17. The highest BCUT2D eigenvalue weighted by molar-refractivity contribution is 7.89. The van der Waals surface area contributed by atoms with E-state index in [1.165, 1.54) is 10.9 Å². The molecule has 0 amide bonds. The predicted molar refractivity (Wildman–Crippen MR) is 89.7 cm³/mol. The lowest BCUT2D eigenvalue weighted by Gasteiger charge is -2.29. The molecular weight excluding hydrogens is 312 g/mol. The van der Waals surface area contributed by atoms with Crippen LogP contribution in [-0.2, 0) is 23.6 Å². The van der Waals surface area contributed by atoms with Gasteiger partial charge in [0.05, 0.1) is 6.20 Å². The van der Waals surface area contributed by atoms with Gasteiger partial charge in [-0.15, -0.1) is 0 Å². The Morgan fingerprint density at radius 1 is 1.26 bits per heavy atom. The third-order valence-corrected chi connectivity index (χ3v) is 6.23. The van der Waals surface area contributed by atoms with Crippen LogP contribution in [0.15, 0.2) is 41.6 Å². The Morgan fingerprint density at radius 3 is 2.65 bits per heavy atom. The van der Waals surface area contributed by atoms with E-state index in [2.05, 4.69) is 10.00 Å². The molecule has 0 bridgehead atoms. The summed E-state index contributed by atoms with van der Waals surface area (Å²) in [4.78, 5) is 2.39. The Bertz CT molecular complexity index is 800. The highest BCUT2D eigenvalue weighted by atomic mass is 32.2. The second-order valence-corrected chi connectivity index (χ2v) is 7.86. The van der Waals surface area contributed by atoms with Gasteiger partial charge in [-0.1, -0.05) is 25.1 Å². The van der Waals surface area contributed by atoms with E-state index in [1.807, 2.05) is 38.2 Å². The quantitative estimate of drug-likeness (QED) is 0.859. The number of fused-ring (bicyclic) bond motifs is 1. The summed E-state index contributed by atoms with van der Waals surface area (Å²) in [5.74, 6) is 0. The molecule has 0 radical (unpaired) electrons. The Hall–Kier alpha value is -1.86. The molecule has 7 heteroatoms. The van der Waals surface area contributed by atoms with Gasteiger partial charge in [-0.05, 0) is 18.1 Å². The van der Waals surface area contributed by atoms with Crippen LogP contribution in [0, 0.1) is 0 Å². The lowest BCUT2D eigenvalue weighted by Crippen LogP contribution is -2.43. The summed E-state index contributed by atoms with van der Waals surface area (Å²) in [5.41, 5.74) is 2.12. The van der Waals surface area contributed by atoms with E-state index in [-0.39, 0.29) is 10.9 Å². The zero-order chi connectivity index (χ0) is 16.6. The molecule has 1 unspecified atom stereocenters. The number of hydrogen-bond acceptors (Lipinski definition) is 4. The van der Waals surface area contributed by atoms with Crippen LogP contribution < -0.4 is 4.90 Å². The summed E-state index contributed by atoms with van der Waals surface area (Å²) in [6.07, 6.45) is 3.74. The second-order valence-electron chi connectivity index (χ2n) is 5.97. The maximum absolute atomic E-state index is 13.1. The highest BCUT2D eigenvalue weighted by Crippen LogP contribution is 2.30. The van der Waals surface area contributed by atoms with Crippen molar-refractivity contribution in [2.24, 2.45) is 7.05 Å². The minimum absolute atomic E-state index is 0.0717. The number of nitrogens with zero attached hydrogens (tertiary/aromatic N) is 4. The molecule has 0 N–H and O–H groups in total. The molecule has 2 aromatic rings. The van der Waals surface area contributed by atoms with Crippen molar-refractivity contribution in [3.05, 3.63) is 42.2 Å². The van der Waals surface area contributed by atoms with Crippen molar-refractivity contribution in [2.45, 2.75) is 30.8 Å². The van der Waals surface area contributed by atoms with E-state index in [4.69, 9.17) is 0 Å². The number of sulfonamides is 1. The van der Waals surface area contributed by atoms with Crippen LogP contribution in [0.5, 0.6) is 0 Å². The van der Waals surface area contributed by atoms with Gasteiger partial charge in [0.2, 0.25) is 10.0 Å². The molecule has 1 aliphatic heterocycles. The summed E-state index contributed by atoms with van der Waals surface area (Å²) >= 11 is 0. The monoisotopic (exact) mass is 334 g/mol. The number of anilines is 1. The van der Waals surface area contributed by atoms with Gasteiger partial charge in [0.25, 0.3) is 0 Å². The molecule has 3 rings (SSSR count). The van der Waals surface area contributed by atoms with E-state index in [0.717, 1.165) is 17.7 Å². The van der Waals surface area contributed by atoms with Gasteiger partial charge in [-0.25, -0.2) is 8.42 Å². The average Bonchev–Trinajstić information content (AvgIpc) is 2.91. The summed E-state index contributed by atoms with van der Waals surface area (Å²) in [5, 5.41) is 4.01. The predicted octanol–water partition coefficient (Wildman–Crippen LogP) is 1.84. The van der Waals surface area contributed by atoms with Crippen LogP contribution in [0.4, 0.5) is 5.69 Å². The summed E-state index contributed by atoms with van der Waals surface area (Å²) in [6.45, 7) is 3.09. The minimum Gasteiger partial charge on any atom is -0.373 e. The van der Waals surface area contributed by atoms with Crippen LogP contribution in [0.3, 0.4) is 0 Å². The van der Waals surface area contributed by atoms with Gasteiger partial charge >= 0.3 is 0 Å². The molecule has 6 nitrogen and oxygen atoms in total. The molecule has 0 saturated carbocycles. The van der Waals surface area contributed by atoms with Gasteiger partial charge < -0.3 is 4.90 Å². The molecule has 0 spiro atoms. The summed E-state index contributed by atoms with van der Waals surface area (Å²) in [7, 11) is 0.171. The fourth-order valence-electron chi connectivity index (χ4n) is 3.10. The molecule has 0 fully saturated rings. The van der Waals surface area contributed by atoms with Gasteiger partial charge in [0.15, 0.2) is 0 Å². The Kier molecular flexibility index (Phi) is 4.16. The first kappa shape index (κ1) is 16.0. The van der Waals surface area contributed by atoms with E-state index in [1.54, 1.807) is 17.5 Å². The maximum atomic E-state index is 13.1. The van der Waals surface area contributed by atoms with Crippen LogP contribution in [0.2, 0.25) is 0 Å². The molecule has 1 aromatic carbocycles. The number of benzene rings is 1. The van der Waals surface area contributed by atoms with Crippen LogP contribution >= 0.6 is 0 Å². The summed E-state index contributed by atoms with van der Waals surface area (Å²) < 4.78 is 29.3. The smallest absolute Gasteiger partial charge is 0.246 e. The molecular formula is C16H22N4O2S. The Morgan fingerprint density at radius 2 is 2.00 bits per heavy atom. The normalized spacial score (nSPS) is 19.4. The van der Waals surface area contributed by atoms with Gasteiger partial charge in [0, 0.05) is 45.1 Å². The zero-order valence-electron chi connectivity index (χ0n) is 13.7. The Labute approximate surface area is 137 Å². The number of aromatic nitrogens is 2. The topological polar surface area (TPSA) is 58.4 Å². The van der Waals surface area contributed by atoms with Crippen LogP contribution in [0.25, 0.3) is 0 Å². The number of aryl methyl sites for hydroxylation is 1. The molecule has 124 valence electrons. The van der Waals surface area contributed by atoms with Crippen molar-refractivity contribution >= 4 is 15.7 Å². The van der Waals surface area contributed by atoms with Gasteiger partial charge in [-0.3, -0.25) is 4.68 Å². The third-order valence-electron chi connectivity index (χ3n) is 4.38. The molecule has 1 aliphatic rings. The van der Waals surface area contributed by atoms with Crippen LogP contribution in [0.1, 0.15) is 18.9 Å². The zero-order valence-corrected chi connectivity index (χ0v) is 14.5. The number of hydrogen-bond donors (Lipinski definition) is 0. The number of rotatable bonds is 3. The lowest BCUT2D eigenvalue weighted by molar-refractivity contribution is 0.315. The first-order valence-electron chi connectivity index (χ1n) is 7.73. The molecule has 23 heavy (non-hydrogen) atoms. The van der Waals surface area contributed by atoms with E-state index >= 15 is 0 Å². The van der Waals surface area contributed by atoms with E-state index in [9.17, 15) is 8.42 Å².